The standard InChI is InChI=1S/C17H18N2O3S/c1-23(21,22)19-16-4-3-13(15(10-16)11-20)8-12-2-5-17-14(9-12)6-7-18-17/h2-7,9-10,18-20H,8,11H2,1H3. The monoisotopic (exact) mass is 330 g/mol. The molecule has 3 N–H and O–H groups in total. The highest BCUT2D eigenvalue weighted by atomic mass is 32.2. The summed E-state index contributed by atoms with van der Waals surface area (Å²) in [5, 5.41) is 10.7. The van der Waals surface area contributed by atoms with Crippen LogP contribution in [0.4, 0.5) is 5.69 Å². The third kappa shape index (κ3) is 3.72. The first-order valence-corrected chi connectivity index (χ1v) is 9.10. The number of hydrogen-bond acceptors (Lipinski definition) is 3. The van der Waals surface area contributed by atoms with E-state index in [1.54, 1.807) is 12.1 Å². The molecule has 0 amide bonds. The molecule has 0 saturated heterocycles. The van der Waals surface area contributed by atoms with Crippen molar-refractivity contribution >= 4 is 26.6 Å². The first-order chi connectivity index (χ1) is 10.9. The van der Waals surface area contributed by atoms with Crippen molar-refractivity contribution in [1.29, 1.82) is 0 Å². The fourth-order valence-corrected chi connectivity index (χ4v) is 3.21. The number of H-pyrrole nitrogens is 1. The number of fused-ring (bicyclic) bond motifs is 1. The molecule has 0 bridgehead atoms. The topological polar surface area (TPSA) is 82.2 Å². The van der Waals surface area contributed by atoms with Gasteiger partial charge in [-0.2, -0.15) is 0 Å². The van der Waals surface area contributed by atoms with E-state index in [4.69, 9.17) is 0 Å². The molecule has 0 radical (unpaired) electrons. The van der Waals surface area contributed by atoms with Crippen molar-refractivity contribution in [1.82, 2.24) is 4.98 Å². The molecule has 1 heterocycles. The molecule has 0 aliphatic heterocycles. The largest absolute Gasteiger partial charge is 0.392 e. The molecule has 0 spiro atoms. The number of rotatable bonds is 5. The number of sulfonamides is 1. The SMILES string of the molecule is CS(=O)(=O)Nc1ccc(Cc2ccc3[nH]ccc3c2)c(CO)c1. The van der Waals surface area contributed by atoms with Gasteiger partial charge in [-0.05, 0) is 58.8 Å². The van der Waals surface area contributed by atoms with E-state index in [0.717, 1.165) is 28.3 Å². The quantitative estimate of drug-likeness (QED) is 0.672. The van der Waals surface area contributed by atoms with Crippen LogP contribution in [-0.4, -0.2) is 24.8 Å². The average Bonchev–Trinajstić information content (AvgIpc) is 2.95. The molecule has 5 nitrogen and oxygen atoms in total. The van der Waals surface area contributed by atoms with E-state index in [0.29, 0.717) is 17.7 Å². The number of aliphatic hydroxyl groups is 1. The third-order valence-electron chi connectivity index (χ3n) is 3.69. The van der Waals surface area contributed by atoms with Gasteiger partial charge in [-0.15, -0.1) is 0 Å². The van der Waals surface area contributed by atoms with Gasteiger partial charge in [-0.1, -0.05) is 12.1 Å². The molecular weight excluding hydrogens is 312 g/mol. The Morgan fingerprint density at radius 3 is 2.65 bits per heavy atom. The number of aromatic nitrogens is 1. The molecule has 0 saturated carbocycles. The van der Waals surface area contributed by atoms with Gasteiger partial charge < -0.3 is 10.1 Å². The Bertz CT molecular complexity index is 945. The van der Waals surface area contributed by atoms with Crippen molar-refractivity contribution in [3.05, 3.63) is 65.4 Å². The van der Waals surface area contributed by atoms with Crippen molar-refractivity contribution < 1.29 is 13.5 Å². The van der Waals surface area contributed by atoms with Crippen LogP contribution in [0.3, 0.4) is 0 Å². The first kappa shape index (κ1) is 15.6. The fourth-order valence-electron chi connectivity index (χ4n) is 2.66. The molecule has 2 aromatic carbocycles. The van der Waals surface area contributed by atoms with Gasteiger partial charge in [0.15, 0.2) is 0 Å². The van der Waals surface area contributed by atoms with Crippen LogP contribution in [0.15, 0.2) is 48.7 Å². The predicted molar refractivity (Wildman–Crippen MR) is 91.9 cm³/mol. The number of aromatic amines is 1. The molecule has 1 aromatic heterocycles. The summed E-state index contributed by atoms with van der Waals surface area (Å²) >= 11 is 0. The van der Waals surface area contributed by atoms with Crippen LogP contribution in [0.2, 0.25) is 0 Å². The van der Waals surface area contributed by atoms with E-state index in [2.05, 4.69) is 15.8 Å². The minimum Gasteiger partial charge on any atom is -0.392 e. The second kappa shape index (κ2) is 6.06. The lowest BCUT2D eigenvalue weighted by molar-refractivity contribution is 0.281. The highest BCUT2D eigenvalue weighted by molar-refractivity contribution is 7.92. The van der Waals surface area contributed by atoms with E-state index < -0.39 is 10.0 Å². The summed E-state index contributed by atoms with van der Waals surface area (Å²) in [4.78, 5) is 3.16. The zero-order valence-electron chi connectivity index (χ0n) is 12.7. The number of aliphatic hydroxyl groups excluding tert-OH is 1. The van der Waals surface area contributed by atoms with Crippen molar-refractivity contribution in [2.75, 3.05) is 11.0 Å². The Kier molecular flexibility index (Phi) is 4.11. The lowest BCUT2D eigenvalue weighted by atomic mass is 9.99. The molecule has 23 heavy (non-hydrogen) atoms. The Hall–Kier alpha value is -2.31. The van der Waals surface area contributed by atoms with Gasteiger partial charge in [0.05, 0.1) is 12.9 Å². The molecular formula is C17H18N2O3S. The van der Waals surface area contributed by atoms with Crippen LogP contribution in [0, 0.1) is 0 Å². The summed E-state index contributed by atoms with van der Waals surface area (Å²) < 4.78 is 25.0. The second-order valence-corrected chi connectivity index (χ2v) is 7.34. The first-order valence-electron chi connectivity index (χ1n) is 7.21. The number of anilines is 1. The van der Waals surface area contributed by atoms with Crippen LogP contribution >= 0.6 is 0 Å². The molecule has 0 fully saturated rings. The summed E-state index contributed by atoms with van der Waals surface area (Å²) in [6.45, 7) is -0.138. The minimum absolute atomic E-state index is 0.138. The van der Waals surface area contributed by atoms with Crippen LogP contribution in [0.25, 0.3) is 10.9 Å². The Labute approximate surface area is 135 Å². The zero-order valence-corrected chi connectivity index (χ0v) is 13.5. The van der Waals surface area contributed by atoms with Gasteiger partial charge in [-0.3, -0.25) is 4.72 Å². The van der Waals surface area contributed by atoms with Gasteiger partial charge in [-0.25, -0.2) is 8.42 Å². The molecule has 0 atom stereocenters. The van der Waals surface area contributed by atoms with E-state index in [9.17, 15) is 13.5 Å². The van der Waals surface area contributed by atoms with E-state index in [1.165, 1.54) is 0 Å². The minimum atomic E-state index is -3.33. The Morgan fingerprint density at radius 1 is 1.09 bits per heavy atom. The lowest BCUT2D eigenvalue weighted by Gasteiger charge is -2.11. The van der Waals surface area contributed by atoms with E-state index >= 15 is 0 Å². The van der Waals surface area contributed by atoms with Gasteiger partial charge in [0.25, 0.3) is 0 Å². The molecule has 0 aliphatic carbocycles. The summed E-state index contributed by atoms with van der Waals surface area (Å²) in [5.41, 5.74) is 4.37. The molecule has 3 aromatic rings. The molecule has 0 unspecified atom stereocenters. The van der Waals surface area contributed by atoms with Crippen molar-refractivity contribution in [2.45, 2.75) is 13.0 Å². The highest BCUT2D eigenvalue weighted by Crippen LogP contribution is 2.22. The summed E-state index contributed by atoms with van der Waals surface area (Å²) in [6, 6.07) is 13.4. The Balaban J connectivity index is 1.89. The summed E-state index contributed by atoms with van der Waals surface area (Å²) in [5.74, 6) is 0. The maximum absolute atomic E-state index is 11.3. The van der Waals surface area contributed by atoms with Gasteiger partial charge in [0, 0.05) is 17.4 Å². The van der Waals surface area contributed by atoms with Crippen LogP contribution in [-0.2, 0) is 23.1 Å². The second-order valence-electron chi connectivity index (χ2n) is 5.59. The number of benzene rings is 2. The maximum Gasteiger partial charge on any atom is 0.229 e. The number of hydrogen-bond donors (Lipinski definition) is 3. The van der Waals surface area contributed by atoms with Crippen LogP contribution < -0.4 is 4.72 Å². The lowest BCUT2D eigenvalue weighted by Crippen LogP contribution is -2.10. The molecule has 120 valence electrons. The zero-order chi connectivity index (χ0) is 16.4. The van der Waals surface area contributed by atoms with Crippen molar-refractivity contribution in [3.8, 4) is 0 Å². The van der Waals surface area contributed by atoms with Crippen LogP contribution in [0.5, 0.6) is 0 Å². The normalized spacial score (nSPS) is 11.7. The third-order valence-corrected chi connectivity index (χ3v) is 4.30. The fraction of sp³-hybridized carbons (Fsp3) is 0.176. The molecule has 3 rings (SSSR count). The van der Waals surface area contributed by atoms with Gasteiger partial charge >= 0.3 is 0 Å². The summed E-state index contributed by atoms with van der Waals surface area (Å²) in [7, 11) is -3.33. The molecule has 6 heteroatoms. The highest BCUT2D eigenvalue weighted by Gasteiger charge is 2.08. The number of nitrogens with one attached hydrogen (secondary N) is 2. The smallest absolute Gasteiger partial charge is 0.229 e. The van der Waals surface area contributed by atoms with Crippen molar-refractivity contribution in [2.24, 2.45) is 0 Å². The predicted octanol–water partition coefficient (Wildman–Crippen LogP) is 2.62. The Morgan fingerprint density at radius 2 is 1.91 bits per heavy atom. The van der Waals surface area contributed by atoms with Crippen LogP contribution in [0.1, 0.15) is 16.7 Å². The maximum atomic E-state index is 11.3. The van der Waals surface area contributed by atoms with Crippen molar-refractivity contribution in [3.63, 3.8) is 0 Å². The van der Waals surface area contributed by atoms with E-state index in [1.807, 2.05) is 30.5 Å². The average molecular weight is 330 g/mol. The van der Waals surface area contributed by atoms with Gasteiger partial charge in [0.2, 0.25) is 10.0 Å². The molecule has 0 aliphatic rings. The van der Waals surface area contributed by atoms with E-state index in [-0.39, 0.29) is 6.61 Å². The summed E-state index contributed by atoms with van der Waals surface area (Å²) in [6.07, 6.45) is 3.68. The van der Waals surface area contributed by atoms with Gasteiger partial charge in [0.1, 0.15) is 0 Å².